The summed E-state index contributed by atoms with van der Waals surface area (Å²) in [5.41, 5.74) is 10.9. The molecule has 3 aromatic heterocycles. The minimum atomic E-state index is 0.0479. The number of carbonyl (C=O) groups excluding carboxylic acids is 1. The van der Waals surface area contributed by atoms with Gasteiger partial charge in [0, 0.05) is 40.4 Å². The molecule has 1 atom stereocenters. The van der Waals surface area contributed by atoms with Crippen LogP contribution in [0, 0.1) is 6.92 Å². The molecule has 1 aromatic carbocycles. The Morgan fingerprint density at radius 2 is 1.85 bits per heavy atom. The molecule has 210 valence electrons. The molecule has 0 saturated carbocycles. The quantitative estimate of drug-likeness (QED) is 0.254. The van der Waals surface area contributed by atoms with Crippen molar-refractivity contribution >= 4 is 28.8 Å². The first-order valence-corrected chi connectivity index (χ1v) is 15.9. The lowest BCUT2D eigenvalue weighted by atomic mass is 9.91. The molecule has 1 aliphatic heterocycles. The normalized spacial score (nSPS) is 18.0. The molecule has 6 nitrogen and oxygen atoms in total. The van der Waals surface area contributed by atoms with Gasteiger partial charge in [-0.05, 0) is 106 Å². The first kappa shape index (κ1) is 26.3. The molecule has 0 fully saturated rings. The number of carbonyl (C=O) groups is 1. The van der Waals surface area contributed by atoms with Crippen molar-refractivity contribution < 1.29 is 4.79 Å². The monoisotopic (exact) mass is 563 g/mol. The largest absolute Gasteiger partial charge is 0.345 e. The van der Waals surface area contributed by atoms with Crippen LogP contribution in [-0.4, -0.2) is 26.4 Å². The van der Waals surface area contributed by atoms with E-state index in [1.165, 1.54) is 51.1 Å². The van der Waals surface area contributed by atoms with Gasteiger partial charge in [0.05, 0.1) is 22.8 Å². The molecule has 1 amide bonds. The highest BCUT2D eigenvalue weighted by Gasteiger charge is 2.27. The maximum Gasteiger partial charge on any atom is 0.261 e. The Kier molecular flexibility index (Phi) is 6.86. The second-order valence-electron chi connectivity index (χ2n) is 12.0. The highest BCUT2D eigenvalue weighted by molar-refractivity contribution is 7.14. The van der Waals surface area contributed by atoms with Crippen molar-refractivity contribution in [2.24, 2.45) is 4.99 Å². The zero-order chi connectivity index (χ0) is 28.1. The first-order valence-electron chi connectivity index (χ1n) is 15.1. The number of hydrogen-bond acceptors (Lipinski definition) is 5. The van der Waals surface area contributed by atoms with Crippen molar-refractivity contribution in [1.29, 1.82) is 0 Å². The number of aliphatic imine (C=N–C) groups is 1. The van der Waals surface area contributed by atoms with E-state index in [1.807, 2.05) is 12.4 Å². The Morgan fingerprint density at radius 1 is 1.02 bits per heavy atom. The third-order valence-electron chi connectivity index (χ3n) is 9.01. The van der Waals surface area contributed by atoms with Gasteiger partial charge in [-0.25, -0.2) is 9.98 Å². The van der Waals surface area contributed by atoms with Crippen LogP contribution in [0.3, 0.4) is 0 Å². The molecular weight excluding hydrogens is 526 g/mol. The predicted octanol–water partition coefficient (Wildman–Crippen LogP) is 7.65. The number of nitrogens with zero attached hydrogens (tertiary/aromatic N) is 4. The van der Waals surface area contributed by atoms with E-state index in [2.05, 4.69) is 71.2 Å². The molecule has 7 rings (SSSR count). The molecule has 0 spiro atoms. The van der Waals surface area contributed by atoms with Gasteiger partial charge in [-0.1, -0.05) is 24.6 Å². The number of amides is 1. The molecule has 0 saturated heterocycles. The molecular formula is C34H37N5OS. The van der Waals surface area contributed by atoms with Crippen LogP contribution in [0.1, 0.15) is 106 Å². The second-order valence-corrected chi connectivity index (χ2v) is 13.2. The Bertz CT molecular complexity index is 1650. The minimum absolute atomic E-state index is 0.0479. The number of nitrogens with one attached hydrogen (secondary N) is 1. The fourth-order valence-corrected chi connectivity index (χ4v) is 8.03. The van der Waals surface area contributed by atoms with Crippen LogP contribution in [0.4, 0.5) is 5.82 Å². The van der Waals surface area contributed by atoms with Gasteiger partial charge in [0.2, 0.25) is 0 Å². The van der Waals surface area contributed by atoms with E-state index in [9.17, 15) is 4.79 Å². The summed E-state index contributed by atoms with van der Waals surface area (Å²) in [5, 5.41) is 8.03. The molecule has 4 heterocycles. The number of hydrogen-bond donors (Lipinski definition) is 1. The summed E-state index contributed by atoms with van der Waals surface area (Å²) in [4.78, 5) is 25.2. The Hall–Kier alpha value is -3.58. The summed E-state index contributed by atoms with van der Waals surface area (Å²) in [7, 11) is 0. The van der Waals surface area contributed by atoms with Gasteiger partial charge < -0.3 is 5.32 Å². The fourth-order valence-electron chi connectivity index (χ4n) is 6.87. The zero-order valence-electron chi connectivity index (χ0n) is 24.2. The molecule has 0 radical (unpaired) electrons. The lowest BCUT2D eigenvalue weighted by Crippen LogP contribution is -2.28. The standard InChI is InChI=1S/C34H37N5OS/c1-20(2)39-21(3)28(19-36-39)30-18-27-25(14-15-35-33(27)37-30)23-12-13-26-22(16-23)8-4-6-10-29(26)38-34(40)32-17-24-9-5-7-11-31(24)41-32/h12-17,19-20,29H,4-11,18H2,1-3H3,(H,38,40)/t29-/m0/s1. The van der Waals surface area contributed by atoms with Gasteiger partial charge in [-0.2, -0.15) is 5.10 Å². The van der Waals surface area contributed by atoms with Crippen LogP contribution in [0.5, 0.6) is 0 Å². The number of fused-ring (bicyclic) bond motifs is 3. The second kappa shape index (κ2) is 10.7. The Morgan fingerprint density at radius 3 is 2.68 bits per heavy atom. The first-order chi connectivity index (χ1) is 20.0. The van der Waals surface area contributed by atoms with Gasteiger partial charge in [0.1, 0.15) is 0 Å². The van der Waals surface area contributed by atoms with Gasteiger partial charge >= 0.3 is 0 Å². The van der Waals surface area contributed by atoms with E-state index < -0.39 is 0 Å². The Balaban J connectivity index is 1.15. The summed E-state index contributed by atoms with van der Waals surface area (Å²) in [5.74, 6) is 0.895. The molecule has 4 aromatic rings. The van der Waals surface area contributed by atoms with Crippen LogP contribution in [-0.2, 0) is 25.7 Å². The van der Waals surface area contributed by atoms with Crippen molar-refractivity contribution in [1.82, 2.24) is 20.1 Å². The molecule has 3 aliphatic rings. The maximum absolute atomic E-state index is 13.4. The molecule has 41 heavy (non-hydrogen) atoms. The van der Waals surface area contributed by atoms with Crippen molar-refractivity contribution in [3.05, 3.63) is 86.0 Å². The SMILES string of the molecule is Cc1c(C2=Nc3nccc(-c4ccc5c(c4)CCCC[C@@H]5NC(=O)c4cc5c(s4)CCCC5)c3C2)cnn1C(C)C. The van der Waals surface area contributed by atoms with Gasteiger partial charge in [-0.15, -0.1) is 11.3 Å². The smallest absolute Gasteiger partial charge is 0.261 e. The van der Waals surface area contributed by atoms with E-state index in [1.54, 1.807) is 11.3 Å². The number of thiophene rings is 1. The molecule has 7 heteroatoms. The third-order valence-corrected chi connectivity index (χ3v) is 10.2. The van der Waals surface area contributed by atoms with Crippen molar-refractivity contribution in [2.75, 3.05) is 0 Å². The van der Waals surface area contributed by atoms with Gasteiger partial charge in [0.25, 0.3) is 5.91 Å². The van der Waals surface area contributed by atoms with E-state index in [4.69, 9.17) is 4.99 Å². The average Bonchev–Trinajstić information content (AvgIpc) is 3.67. The molecule has 0 unspecified atom stereocenters. The highest BCUT2D eigenvalue weighted by atomic mass is 32.1. The van der Waals surface area contributed by atoms with Crippen LogP contribution < -0.4 is 5.32 Å². The predicted molar refractivity (Wildman–Crippen MR) is 166 cm³/mol. The minimum Gasteiger partial charge on any atom is -0.345 e. The van der Waals surface area contributed by atoms with Crippen LogP contribution in [0.2, 0.25) is 0 Å². The van der Waals surface area contributed by atoms with E-state index in [-0.39, 0.29) is 11.9 Å². The van der Waals surface area contributed by atoms with Gasteiger partial charge in [0.15, 0.2) is 5.82 Å². The van der Waals surface area contributed by atoms with E-state index >= 15 is 0 Å². The van der Waals surface area contributed by atoms with E-state index in [0.717, 1.165) is 72.6 Å². The number of rotatable bonds is 5. The van der Waals surface area contributed by atoms with Crippen LogP contribution in [0.25, 0.3) is 11.1 Å². The van der Waals surface area contributed by atoms with Gasteiger partial charge in [-0.3, -0.25) is 9.48 Å². The molecule has 2 aliphatic carbocycles. The van der Waals surface area contributed by atoms with Crippen molar-refractivity contribution in [3.63, 3.8) is 0 Å². The lowest BCUT2D eigenvalue weighted by Gasteiger charge is -2.20. The lowest BCUT2D eigenvalue weighted by molar-refractivity contribution is 0.0938. The zero-order valence-corrected chi connectivity index (χ0v) is 25.0. The fraction of sp³-hybridized carbons (Fsp3) is 0.412. The molecule has 1 N–H and O–H groups in total. The van der Waals surface area contributed by atoms with Crippen LogP contribution in [0.15, 0.2) is 47.7 Å². The van der Waals surface area contributed by atoms with E-state index in [0.29, 0.717) is 6.04 Å². The topological polar surface area (TPSA) is 72.2 Å². The third kappa shape index (κ3) is 4.84. The number of benzene rings is 1. The maximum atomic E-state index is 13.4. The van der Waals surface area contributed by atoms with Crippen molar-refractivity contribution in [3.8, 4) is 11.1 Å². The Labute approximate surface area is 245 Å². The summed E-state index contributed by atoms with van der Waals surface area (Å²) >= 11 is 1.70. The average molecular weight is 564 g/mol. The summed E-state index contributed by atoms with van der Waals surface area (Å²) in [6, 6.07) is 11.4. The molecule has 0 bridgehead atoms. The number of aryl methyl sites for hydroxylation is 3. The number of pyridine rings is 1. The van der Waals surface area contributed by atoms with Crippen molar-refractivity contribution in [2.45, 2.75) is 90.6 Å². The summed E-state index contributed by atoms with van der Waals surface area (Å²) in [6.07, 6.45) is 13.5. The summed E-state index contributed by atoms with van der Waals surface area (Å²) in [6.45, 7) is 6.42. The highest BCUT2D eigenvalue weighted by Crippen LogP contribution is 2.38. The number of aromatic nitrogens is 3. The van der Waals surface area contributed by atoms with Crippen LogP contribution >= 0.6 is 11.3 Å². The summed E-state index contributed by atoms with van der Waals surface area (Å²) < 4.78 is 2.06.